The van der Waals surface area contributed by atoms with Crippen molar-refractivity contribution < 1.29 is 14.1 Å². The van der Waals surface area contributed by atoms with Crippen molar-refractivity contribution in [2.75, 3.05) is 5.32 Å². The third-order valence-corrected chi connectivity index (χ3v) is 4.68. The van der Waals surface area contributed by atoms with Gasteiger partial charge >= 0.3 is 0 Å². The Balaban J connectivity index is 1.72. The fourth-order valence-electron chi connectivity index (χ4n) is 3.04. The molecule has 0 spiro atoms. The maximum atomic E-state index is 13.1. The van der Waals surface area contributed by atoms with Crippen molar-refractivity contribution in [1.82, 2.24) is 0 Å². The molecule has 0 bridgehead atoms. The van der Waals surface area contributed by atoms with Crippen LogP contribution in [0.4, 0.5) is 10.1 Å². The second kappa shape index (κ2) is 7.45. The number of nitrogens with zero attached hydrogens (tertiary/aromatic N) is 1. The first-order valence-electron chi connectivity index (χ1n) is 8.48. The van der Waals surface area contributed by atoms with Gasteiger partial charge in [0.25, 0.3) is 5.91 Å². The molecule has 2 aromatic rings. The highest BCUT2D eigenvalue weighted by Crippen LogP contribution is 2.18. The second-order valence-electron chi connectivity index (χ2n) is 6.52. The summed E-state index contributed by atoms with van der Waals surface area (Å²) in [5.41, 5.74) is 2.01. The van der Waals surface area contributed by atoms with Gasteiger partial charge in [0, 0.05) is 18.4 Å². The summed E-state index contributed by atoms with van der Waals surface area (Å²) in [5.74, 6) is -0.359. The lowest BCUT2D eigenvalue weighted by Gasteiger charge is -2.25. The zero-order valence-electron chi connectivity index (χ0n) is 14.1. The zero-order chi connectivity index (χ0) is 17.8. The summed E-state index contributed by atoms with van der Waals surface area (Å²) in [6, 6.07) is 15.7. The third kappa shape index (κ3) is 4.23. The first kappa shape index (κ1) is 17.1. The molecule has 4 nitrogen and oxygen atoms in total. The van der Waals surface area contributed by atoms with E-state index in [0.29, 0.717) is 23.8 Å². The van der Waals surface area contributed by atoms with E-state index in [9.17, 15) is 9.18 Å². The van der Waals surface area contributed by atoms with Gasteiger partial charge in [-0.25, -0.2) is 4.39 Å². The molecular weight excluding hydrogens is 317 g/mol. The van der Waals surface area contributed by atoms with E-state index >= 15 is 0 Å². The molecule has 0 radical (unpaired) electrons. The normalized spacial score (nSPS) is 15.9. The summed E-state index contributed by atoms with van der Waals surface area (Å²) in [6.07, 6.45) is 2.20. The van der Waals surface area contributed by atoms with Gasteiger partial charge in [-0.05, 0) is 31.2 Å². The van der Waals surface area contributed by atoms with E-state index in [1.165, 1.54) is 17.0 Å². The number of halogens is 1. The van der Waals surface area contributed by atoms with Crippen molar-refractivity contribution in [2.45, 2.75) is 38.4 Å². The highest BCUT2D eigenvalue weighted by Gasteiger charge is 2.39. The summed E-state index contributed by atoms with van der Waals surface area (Å²) < 4.78 is 13.1. The van der Waals surface area contributed by atoms with E-state index in [2.05, 4.69) is 11.4 Å². The van der Waals surface area contributed by atoms with Gasteiger partial charge in [-0.15, -0.1) is 0 Å². The molecule has 2 aromatic carbocycles. The maximum Gasteiger partial charge on any atom is 0.282 e. The molecule has 5 heteroatoms. The van der Waals surface area contributed by atoms with Crippen molar-refractivity contribution in [3.8, 4) is 6.07 Å². The lowest BCUT2D eigenvalue weighted by atomic mass is 10.1. The molecule has 1 unspecified atom stereocenters. The summed E-state index contributed by atoms with van der Waals surface area (Å²) >= 11 is 0. The highest BCUT2D eigenvalue weighted by atomic mass is 19.1. The Morgan fingerprint density at radius 2 is 1.96 bits per heavy atom. The number of benzene rings is 2. The number of quaternary nitrogens is 1. The van der Waals surface area contributed by atoms with E-state index in [1.54, 1.807) is 36.4 Å². The van der Waals surface area contributed by atoms with Crippen LogP contribution in [0.1, 0.15) is 30.9 Å². The molecule has 0 aromatic heterocycles. The SMILES string of the molecule is C[C@@H](C(=O)Nc1ccccc1C#N)[NH+](Cc1ccc(F)cc1)C1CC1. The number of anilines is 1. The topological polar surface area (TPSA) is 57.3 Å². The molecule has 2 atom stereocenters. The molecule has 1 fully saturated rings. The molecule has 0 aliphatic heterocycles. The first-order chi connectivity index (χ1) is 12.1. The molecule has 25 heavy (non-hydrogen) atoms. The van der Waals surface area contributed by atoms with Gasteiger partial charge in [0.1, 0.15) is 18.4 Å². The average Bonchev–Trinajstić information content (AvgIpc) is 3.46. The number of carbonyl (C=O) groups excluding carboxylic acids is 1. The summed E-state index contributed by atoms with van der Waals surface area (Å²) in [5, 5.41) is 12.0. The predicted molar refractivity (Wildman–Crippen MR) is 93.3 cm³/mol. The molecule has 3 rings (SSSR count). The Kier molecular flexibility index (Phi) is 5.11. The van der Waals surface area contributed by atoms with Gasteiger partial charge in [-0.3, -0.25) is 4.79 Å². The Morgan fingerprint density at radius 1 is 1.28 bits per heavy atom. The molecule has 128 valence electrons. The number of carbonyl (C=O) groups is 1. The van der Waals surface area contributed by atoms with Crippen molar-refractivity contribution in [2.24, 2.45) is 0 Å². The lowest BCUT2D eigenvalue weighted by molar-refractivity contribution is -0.938. The smallest absolute Gasteiger partial charge is 0.282 e. The van der Waals surface area contributed by atoms with Gasteiger partial charge in [-0.2, -0.15) is 5.26 Å². The fourth-order valence-corrected chi connectivity index (χ4v) is 3.04. The number of amides is 1. The molecule has 1 amide bonds. The van der Waals surface area contributed by atoms with Crippen LogP contribution in [0.25, 0.3) is 0 Å². The minimum atomic E-state index is -0.260. The number of nitriles is 1. The van der Waals surface area contributed by atoms with E-state index in [0.717, 1.165) is 18.4 Å². The molecule has 1 saturated carbocycles. The summed E-state index contributed by atoms with van der Waals surface area (Å²) in [6.45, 7) is 2.58. The zero-order valence-corrected chi connectivity index (χ0v) is 14.1. The van der Waals surface area contributed by atoms with Crippen LogP contribution in [0.15, 0.2) is 48.5 Å². The van der Waals surface area contributed by atoms with E-state index in [4.69, 9.17) is 5.26 Å². The number of nitrogens with one attached hydrogen (secondary N) is 2. The van der Waals surface area contributed by atoms with Crippen LogP contribution in [0.2, 0.25) is 0 Å². The van der Waals surface area contributed by atoms with Crippen LogP contribution < -0.4 is 10.2 Å². The van der Waals surface area contributed by atoms with E-state index in [1.807, 2.05) is 6.92 Å². The van der Waals surface area contributed by atoms with Gasteiger partial charge in [0.2, 0.25) is 0 Å². The van der Waals surface area contributed by atoms with Crippen LogP contribution in [0.5, 0.6) is 0 Å². The second-order valence-corrected chi connectivity index (χ2v) is 6.52. The fraction of sp³-hybridized carbons (Fsp3) is 0.300. The molecule has 1 aliphatic carbocycles. The standard InChI is InChI=1S/C20H20FN3O/c1-14(20(25)23-19-5-3-2-4-16(19)12-22)24(18-10-11-18)13-15-6-8-17(21)9-7-15/h2-9,14,18H,10-11,13H2,1H3,(H,23,25)/p+1/t14-/m0/s1. The maximum absolute atomic E-state index is 13.1. The number of hydrogen-bond acceptors (Lipinski definition) is 2. The molecule has 0 heterocycles. The summed E-state index contributed by atoms with van der Waals surface area (Å²) in [7, 11) is 0. The average molecular weight is 338 g/mol. The van der Waals surface area contributed by atoms with Crippen LogP contribution in [-0.2, 0) is 11.3 Å². The third-order valence-electron chi connectivity index (χ3n) is 4.68. The van der Waals surface area contributed by atoms with Gasteiger partial charge in [-0.1, -0.05) is 24.3 Å². The minimum Gasteiger partial charge on any atom is -0.320 e. The lowest BCUT2D eigenvalue weighted by Crippen LogP contribution is -3.16. The highest BCUT2D eigenvalue weighted by molar-refractivity contribution is 5.94. The van der Waals surface area contributed by atoms with E-state index < -0.39 is 0 Å². The number of para-hydroxylation sites is 1. The van der Waals surface area contributed by atoms with Gasteiger partial charge in [0.05, 0.1) is 17.3 Å². The molecule has 0 saturated heterocycles. The first-order valence-corrected chi connectivity index (χ1v) is 8.48. The number of rotatable bonds is 6. The summed E-state index contributed by atoms with van der Waals surface area (Å²) in [4.78, 5) is 13.9. The Labute approximate surface area is 146 Å². The van der Waals surface area contributed by atoms with Crippen molar-refractivity contribution >= 4 is 11.6 Å². The van der Waals surface area contributed by atoms with Crippen LogP contribution in [-0.4, -0.2) is 18.0 Å². The Hall–Kier alpha value is -2.71. The quantitative estimate of drug-likeness (QED) is 0.849. The van der Waals surface area contributed by atoms with Crippen LogP contribution in [0, 0.1) is 17.1 Å². The van der Waals surface area contributed by atoms with Crippen LogP contribution in [0.3, 0.4) is 0 Å². The van der Waals surface area contributed by atoms with Gasteiger partial charge < -0.3 is 10.2 Å². The van der Waals surface area contributed by atoms with Gasteiger partial charge in [0.15, 0.2) is 6.04 Å². The van der Waals surface area contributed by atoms with Crippen molar-refractivity contribution in [3.05, 3.63) is 65.5 Å². The largest absolute Gasteiger partial charge is 0.320 e. The van der Waals surface area contributed by atoms with E-state index in [-0.39, 0.29) is 17.8 Å². The molecule has 1 aliphatic rings. The van der Waals surface area contributed by atoms with Crippen LogP contribution >= 0.6 is 0 Å². The Morgan fingerprint density at radius 3 is 2.60 bits per heavy atom. The minimum absolute atomic E-state index is 0.105. The van der Waals surface area contributed by atoms with Crippen molar-refractivity contribution in [3.63, 3.8) is 0 Å². The van der Waals surface area contributed by atoms with Crippen molar-refractivity contribution in [1.29, 1.82) is 5.26 Å². The molecule has 2 N–H and O–H groups in total. The monoisotopic (exact) mass is 338 g/mol. The predicted octanol–water partition coefficient (Wildman–Crippen LogP) is 2.27. The Bertz CT molecular complexity index is 793. The number of hydrogen-bond donors (Lipinski definition) is 2. The molecular formula is C20H21FN3O+.